The summed E-state index contributed by atoms with van der Waals surface area (Å²) < 4.78 is 10.5. The van der Waals surface area contributed by atoms with E-state index < -0.39 is 0 Å². The molecule has 1 aromatic rings. The van der Waals surface area contributed by atoms with Crippen molar-refractivity contribution in [1.82, 2.24) is 0 Å². The molecule has 0 saturated carbocycles. The van der Waals surface area contributed by atoms with Crippen molar-refractivity contribution in [1.29, 1.82) is 0 Å². The highest BCUT2D eigenvalue weighted by atomic mass is 16.5. The number of methoxy groups -OCH3 is 1. The molecule has 1 fully saturated rings. The van der Waals surface area contributed by atoms with E-state index >= 15 is 0 Å². The Labute approximate surface area is 101 Å². The minimum absolute atomic E-state index is 0.158. The number of rotatable bonds is 3. The Bertz CT molecular complexity index is 375. The summed E-state index contributed by atoms with van der Waals surface area (Å²) in [5.41, 5.74) is 6.98. The summed E-state index contributed by atoms with van der Waals surface area (Å²) in [4.78, 5) is 0. The zero-order valence-corrected chi connectivity index (χ0v) is 10.1. The molecule has 94 valence electrons. The van der Waals surface area contributed by atoms with Gasteiger partial charge in [-0.15, -0.1) is 0 Å². The summed E-state index contributed by atoms with van der Waals surface area (Å²) in [5.74, 6) is 1.33. The topological polar surface area (TPSA) is 64.7 Å². The monoisotopic (exact) mass is 237 g/mol. The second kappa shape index (κ2) is 5.38. The van der Waals surface area contributed by atoms with Crippen molar-refractivity contribution in [3.8, 4) is 11.5 Å². The highest BCUT2D eigenvalue weighted by molar-refractivity contribution is 5.41. The van der Waals surface area contributed by atoms with Crippen molar-refractivity contribution in [2.45, 2.75) is 18.9 Å². The fourth-order valence-electron chi connectivity index (χ4n) is 2.26. The predicted octanol–water partition coefficient (Wildman–Crippen LogP) is 1.83. The van der Waals surface area contributed by atoms with Crippen LogP contribution in [0.1, 0.15) is 24.4 Å². The van der Waals surface area contributed by atoms with E-state index in [0.717, 1.165) is 37.4 Å². The molecule has 1 saturated heterocycles. The molecule has 4 nitrogen and oxygen atoms in total. The van der Waals surface area contributed by atoms with Gasteiger partial charge in [-0.05, 0) is 37.0 Å². The normalized spacial score (nSPS) is 18.9. The number of phenols is 1. The van der Waals surface area contributed by atoms with Crippen molar-refractivity contribution in [2.75, 3.05) is 20.3 Å². The third-order valence-electron chi connectivity index (χ3n) is 3.37. The number of hydrogen-bond donors (Lipinski definition) is 2. The van der Waals surface area contributed by atoms with Gasteiger partial charge in [0.2, 0.25) is 0 Å². The Morgan fingerprint density at radius 3 is 2.76 bits per heavy atom. The highest BCUT2D eigenvalue weighted by Gasteiger charge is 2.24. The van der Waals surface area contributed by atoms with Gasteiger partial charge in [-0.1, -0.05) is 0 Å². The summed E-state index contributed by atoms with van der Waals surface area (Å²) in [6.07, 6.45) is 1.88. The van der Waals surface area contributed by atoms with E-state index in [1.165, 1.54) is 0 Å². The van der Waals surface area contributed by atoms with E-state index in [9.17, 15) is 5.11 Å². The van der Waals surface area contributed by atoms with Crippen LogP contribution in [0.5, 0.6) is 11.5 Å². The number of ether oxygens (including phenoxy) is 2. The number of phenolic OH excluding ortho intramolecular Hbond substituents is 1. The molecule has 2 rings (SSSR count). The molecule has 1 aliphatic rings. The lowest BCUT2D eigenvalue weighted by Crippen LogP contribution is -2.27. The molecule has 17 heavy (non-hydrogen) atoms. The van der Waals surface area contributed by atoms with Crippen LogP contribution in [-0.2, 0) is 4.74 Å². The van der Waals surface area contributed by atoms with Crippen molar-refractivity contribution in [2.24, 2.45) is 11.7 Å². The van der Waals surface area contributed by atoms with E-state index in [0.29, 0.717) is 5.92 Å². The van der Waals surface area contributed by atoms with Crippen LogP contribution in [-0.4, -0.2) is 25.4 Å². The quantitative estimate of drug-likeness (QED) is 0.841. The Morgan fingerprint density at radius 1 is 1.41 bits per heavy atom. The Morgan fingerprint density at radius 2 is 2.12 bits per heavy atom. The van der Waals surface area contributed by atoms with Gasteiger partial charge in [0, 0.05) is 24.8 Å². The van der Waals surface area contributed by atoms with Gasteiger partial charge in [0.05, 0.1) is 7.11 Å². The van der Waals surface area contributed by atoms with Gasteiger partial charge in [0.1, 0.15) is 11.5 Å². The standard InChI is InChI=1S/C13H19NO3/c1-16-10-2-3-12(15)11(8-10)13(14)9-4-6-17-7-5-9/h2-3,8-9,13,15H,4-7,14H2,1H3/t13-/m1/s1. The van der Waals surface area contributed by atoms with Crippen molar-refractivity contribution in [3.63, 3.8) is 0 Å². The molecule has 0 unspecified atom stereocenters. The van der Waals surface area contributed by atoms with Gasteiger partial charge in [0.25, 0.3) is 0 Å². The van der Waals surface area contributed by atoms with Crippen molar-refractivity contribution >= 4 is 0 Å². The molecule has 0 aliphatic carbocycles. The zero-order chi connectivity index (χ0) is 12.3. The lowest BCUT2D eigenvalue weighted by Gasteiger charge is -2.28. The first-order valence-electron chi connectivity index (χ1n) is 5.92. The van der Waals surface area contributed by atoms with Crippen LogP contribution >= 0.6 is 0 Å². The summed E-state index contributed by atoms with van der Waals surface area (Å²) >= 11 is 0. The fraction of sp³-hybridized carbons (Fsp3) is 0.538. The summed E-state index contributed by atoms with van der Waals surface area (Å²) in [7, 11) is 1.61. The molecule has 4 heteroatoms. The maximum absolute atomic E-state index is 9.86. The van der Waals surface area contributed by atoms with Crippen LogP contribution in [0, 0.1) is 5.92 Å². The van der Waals surface area contributed by atoms with Gasteiger partial charge in [0.15, 0.2) is 0 Å². The Kier molecular flexibility index (Phi) is 3.86. The molecule has 0 bridgehead atoms. The lowest BCUT2D eigenvalue weighted by atomic mass is 9.87. The number of aromatic hydroxyl groups is 1. The fourth-order valence-corrected chi connectivity index (χ4v) is 2.26. The molecule has 0 amide bonds. The average molecular weight is 237 g/mol. The number of benzene rings is 1. The molecule has 0 aromatic heterocycles. The Balaban J connectivity index is 2.19. The highest BCUT2D eigenvalue weighted by Crippen LogP contribution is 2.34. The van der Waals surface area contributed by atoms with Crippen LogP contribution in [0.25, 0.3) is 0 Å². The molecule has 1 heterocycles. The third-order valence-corrected chi connectivity index (χ3v) is 3.37. The van der Waals surface area contributed by atoms with Gasteiger partial charge in [-0.3, -0.25) is 0 Å². The first kappa shape index (κ1) is 12.2. The number of nitrogens with two attached hydrogens (primary N) is 1. The summed E-state index contributed by atoms with van der Waals surface area (Å²) in [5, 5.41) is 9.86. The second-order valence-electron chi connectivity index (χ2n) is 4.40. The number of hydrogen-bond acceptors (Lipinski definition) is 4. The van der Waals surface area contributed by atoms with E-state index in [-0.39, 0.29) is 11.8 Å². The average Bonchev–Trinajstić information content (AvgIpc) is 2.39. The molecule has 0 spiro atoms. The molecule has 1 aliphatic heterocycles. The van der Waals surface area contributed by atoms with E-state index in [4.69, 9.17) is 15.2 Å². The first-order valence-corrected chi connectivity index (χ1v) is 5.92. The van der Waals surface area contributed by atoms with Crippen molar-refractivity contribution in [3.05, 3.63) is 23.8 Å². The summed E-state index contributed by atoms with van der Waals surface area (Å²) in [6.45, 7) is 1.51. The zero-order valence-electron chi connectivity index (χ0n) is 10.1. The van der Waals surface area contributed by atoms with Crippen LogP contribution in [0.15, 0.2) is 18.2 Å². The van der Waals surface area contributed by atoms with E-state index in [1.807, 2.05) is 6.07 Å². The lowest BCUT2D eigenvalue weighted by molar-refractivity contribution is 0.0581. The molecule has 3 N–H and O–H groups in total. The smallest absolute Gasteiger partial charge is 0.120 e. The van der Waals surface area contributed by atoms with Crippen LogP contribution < -0.4 is 10.5 Å². The minimum Gasteiger partial charge on any atom is -0.508 e. The van der Waals surface area contributed by atoms with Crippen LogP contribution in [0.2, 0.25) is 0 Å². The van der Waals surface area contributed by atoms with Gasteiger partial charge in [-0.25, -0.2) is 0 Å². The minimum atomic E-state index is -0.158. The van der Waals surface area contributed by atoms with Crippen molar-refractivity contribution < 1.29 is 14.6 Å². The van der Waals surface area contributed by atoms with E-state index in [2.05, 4.69) is 0 Å². The Hall–Kier alpha value is -1.26. The maximum atomic E-state index is 9.86. The van der Waals surface area contributed by atoms with E-state index in [1.54, 1.807) is 19.2 Å². The maximum Gasteiger partial charge on any atom is 0.120 e. The third kappa shape index (κ3) is 2.70. The van der Waals surface area contributed by atoms with Gasteiger partial charge >= 0.3 is 0 Å². The first-order chi connectivity index (χ1) is 8.22. The molecule has 0 radical (unpaired) electrons. The molecular formula is C13H19NO3. The molecule has 1 atom stereocenters. The second-order valence-corrected chi connectivity index (χ2v) is 4.40. The molecular weight excluding hydrogens is 218 g/mol. The van der Waals surface area contributed by atoms with Crippen LogP contribution in [0.3, 0.4) is 0 Å². The van der Waals surface area contributed by atoms with Gasteiger partial charge < -0.3 is 20.3 Å². The predicted molar refractivity (Wildman–Crippen MR) is 65.1 cm³/mol. The van der Waals surface area contributed by atoms with Gasteiger partial charge in [-0.2, -0.15) is 0 Å². The summed E-state index contributed by atoms with van der Waals surface area (Å²) in [6, 6.07) is 5.02. The molecule has 1 aromatic carbocycles. The van der Waals surface area contributed by atoms with Crippen LogP contribution in [0.4, 0.5) is 0 Å². The SMILES string of the molecule is COc1ccc(O)c([C@H](N)C2CCOCC2)c1. The largest absolute Gasteiger partial charge is 0.508 e.